The number of imidazole rings is 1. The summed E-state index contributed by atoms with van der Waals surface area (Å²) in [6.45, 7) is 4.19. The maximum Gasteiger partial charge on any atom is 0.121 e. The number of aliphatic hydroxyl groups excluding tert-OH is 1. The Labute approximate surface area is 129 Å². The van der Waals surface area contributed by atoms with Crippen LogP contribution in [0.3, 0.4) is 0 Å². The van der Waals surface area contributed by atoms with Crippen molar-refractivity contribution in [2.45, 2.75) is 26.6 Å². The molecule has 0 radical (unpaired) electrons. The van der Waals surface area contributed by atoms with E-state index in [0.29, 0.717) is 6.54 Å². The molecule has 0 aliphatic heterocycles. The fourth-order valence-corrected chi connectivity index (χ4v) is 2.61. The molecule has 0 amide bonds. The van der Waals surface area contributed by atoms with Gasteiger partial charge >= 0.3 is 0 Å². The standard InChI is InChI=1S/C16H21N5O/c1-12-13(10-21(19-12)7-8-22)9-20(2)11-16-17-14-5-3-4-6-15(14)18-16/h3-6,10,22H,7-9,11H2,1-2H3,(H,17,18). The molecule has 2 N–H and O–H groups in total. The van der Waals surface area contributed by atoms with Crippen LogP contribution in [0.2, 0.25) is 0 Å². The van der Waals surface area contributed by atoms with E-state index in [2.05, 4.69) is 27.0 Å². The Hall–Kier alpha value is -2.18. The minimum absolute atomic E-state index is 0.107. The summed E-state index contributed by atoms with van der Waals surface area (Å²) in [4.78, 5) is 10.1. The van der Waals surface area contributed by atoms with Gasteiger partial charge in [0.15, 0.2) is 0 Å². The first-order valence-corrected chi connectivity index (χ1v) is 7.41. The molecule has 0 fully saturated rings. The quantitative estimate of drug-likeness (QED) is 0.727. The summed E-state index contributed by atoms with van der Waals surface area (Å²) in [7, 11) is 2.07. The van der Waals surface area contributed by atoms with Gasteiger partial charge in [-0.05, 0) is 26.1 Å². The summed E-state index contributed by atoms with van der Waals surface area (Å²) in [6.07, 6.45) is 2.00. The molecule has 0 bridgehead atoms. The predicted octanol–water partition coefficient (Wildman–Crippen LogP) is 1.69. The Morgan fingerprint density at radius 3 is 2.86 bits per heavy atom. The van der Waals surface area contributed by atoms with Gasteiger partial charge in [0.1, 0.15) is 5.82 Å². The number of fused-ring (bicyclic) bond motifs is 1. The molecule has 0 saturated heterocycles. The molecule has 6 heteroatoms. The molecule has 0 saturated carbocycles. The SMILES string of the molecule is Cc1nn(CCO)cc1CN(C)Cc1nc2ccccc2[nH]1. The number of nitrogens with zero attached hydrogens (tertiary/aromatic N) is 4. The third-order valence-corrected chi connectivity index (χ3v) is 3.68. The van der Waals surface area contributed by atoms with Crippen molar-refractivity contribution in [1.82, 2.24) is 24.6 Å². The van der Waals surface area contributed by atoms with Crippen LogP contribution in [0.25, 0.3) is 11.0 Å². The fraction of sp³-hybridized carbons (Fsp3) is 0.375. The molecule has 0 unspecified atom stereocenters. The maximum atomic E-state index is 8.98. The Morgan fingerprint density at radius 2 is 2.09 bits per heavy atom. The molecule has 1 aromatic carbocycles. The second-order valence-electron chi connectivity index (χ2n) is 5.60. The number of para-hydroxylation sites is 2. The smallest absolute Gasteiger partial charge is 0.121 e. The summed E-state index contributed by atoms with van der Waals surface area (Å²) in [5, 5.41) is 13.4. The average Bonchev–Trinajstić information content (AvgIpc) is 3.02. The summed E-state index contributed by atoms with van der Waals surface area (Å²) < 4.78 is 1.79. The second-order valence-corrected chi connectivity index (χ2v) is 5.60. The van der Waals surface area contributed by atoms with Crippen LogP contribution in [-0.4, -0.2) is 43.4 Å². The van der Waals surface area contributed by atoms with Crippen molar-refractivity contribution in [3.63, 3.8) is 0 Å². The highest BCUT2D eigenvalue weighted by molar-refractivity contribution is 5.74. The van der Waals surface area contributed by atoms with Crippen molar-refractivity contribution in [2.24, 2.45) is 0 Å². The molecule has 2 heterocycles. The number of hydrogen-bond acceptors (Lipinski definition) is 4. The van der Waals surface area contributed by atoms with Crippen LogP contribution in [0.5, 0.6) is 0 Å². The molecular formula is C16H21N5O. The molecule has 3 aromatic rings. The Morgan fingerprint density at radius 1 is 1.27 bits per heavy atom. The lowest BCUT2D eigenvalue weighted by molar-refractivity contribution is 0.269. The normalized spacial score (nSPS) is 11.6. The number of rotatable bonds is 6. The van der Waals surface area contributed by atoms with Gasteiger partial charge in [0, 0.05) is 18.3 Å². The molecule has 22 heavy (non-hydrogen) atoms. The molecule has 0 atom stereocenters. The highest BCUT2D eigenvalue weighted by Gasteiger charge is 2.10. The van der Waals surface area contributed by atoms with Gasteiger partial charge in [-0.25, -0.2) is 4.98 Å². The number of benzene rings is 1. The van der Waals surface area contributed by atoms with Crippen LogP contribution in [0.1, 0.15) is 17.1 Å². The van der Waals surface area contributed by atoms with Gasteiger partial charge in [-0.3, -0.25) is 9.58 Å². The van der Waals surface area contributed by atoms with Crippen LogP contribution in [0.4, 0.5) is 0 Å². The van der Waals surface area contributed by atoms with Crippen molar-refractivity contribution in [3.05, 3.63) is 47.5 Å². The lowest BCUT2D eigenvalue weighted by Crippen LogP contribution is -2.18. The van der Waals surface area contributed by atoms with Crippen molar-refractivity contribution in [1.29, 1.82) is 0 Å². The van der Waals surface area contributed by atoms with Gasteiger partial charge < -0.3 is 10.1 Å². The largest absolute Gasteiger partial charge is 0.394 e. The topological polar surface area (TPSA) is 70.0 Å². The van der Waals surface area contributed by atoms with Crippen LogP contribution in [0, 0.1) is 6.92 Å². The zero-order valence-electron chi connectivity index (χ0n) is 13.0. The van der Waals surface area contributed by atoms with E-state index in [0.717, 1.165) is 35.6 Å². The summed E-state index contributed by atoms with van der Waals surface area (Å²) in [6, 6.07) is 8.05. The Kier molecular flexibility index (Phi) is 4.22. The van der Waals surface area contributed by atoms with Crippen molar-refractivity contribution in [3.8, 4) is 0 Å². The first-order valence-electron chi connectivity index (χ1n) is 7.41. The second kappa shape index (κ2) is 6.29. The van der Waals surface area contributed by atoms with E-state index in [-0.39, 0.29) is 6.61 Å². The monoisotopic (exact) mass is 299 g/mol. The third-order valence-electron chi connectivity index (χ3n) is 3.68. The third kappa shape index (κ3) is 3.18. The average molecular weight is 299 g/mol. The van der Waals surface area contributed by atoms with Gasteiger partial charge in [0.05, 0.1) is 36.4 Å². The zero-order chi connectivity index (χ0) is 15.5. The molecule has 0 aliphatic rings. The van der Waals surface area contributed by atoms with Crippen LogP contribution in [0.15, 0.2) is 30.5 Å². The lowest BCUT2D eigenvalue weighted by atomic mass is 10.2. The van der Waals surface area contributed by atoms with E-state index < -0.39 is 0 Å². The zero-order valence-corrected chi connectivity index (χ0v) is 13.0. The van der Waals surface area contributed by atoms with E-state index in [1.54, 1.807) is 4.68 Å². The van der Waals surface area contributed by atoms with Gasteiger partial charge in [-0.2, -0.15) is 5.10 Å². The summed E-state index contributed by atoms with van der Waals surface area (Å²) >= 11 is 0. The molecule has 116 valence electrons. The van der Waals surface area contributed by atoms with E-state index in [1.165, 1.54) is 5.56 Å². The molecule has 2 aromatic heterocycles. The molecule has 0 aliphatic carbocycles. The Balaban J connectivity index is 1.68. The predicted molar refractivity (Wildman–Crippen MR) is 85.3 cm³/mol. The maximum absolute atomic E-state index is 8.98. The Bertz CT molecular complexity index is 728. The minimum atomic E-state index is 0.107. The fourth-order valence-electron chi connectivity index (χ4n) is 2.61. The molecule has 6 nitrogen and oxygen atoms in total. The van der Waals surface area contributed by atoms with Gasteiger partial charge in [0.25, 0.3) is 0 Å². The molecular weight excluding hydrogens is 278 g/mol. The minimum Gasteiger partial charge on any atom is -0.394 e. The number of H-pyrrole nitrogens is 1. The summed E-state index contributed by atoms with van der Waals surface area (Å²) in [5.41, 5.74) is 4.24. The summed E-state index contributed by atoms with van der Waals surface area (Å²) in [5.74, 6) is 0.962. The van der Waals surface area contributed by atoms with Crippen LogP contribution in [-0.2, 0) is 19.6 Å². The van der Waals surface area contributed by atoms with Gasteiger partial charge in [-0.15, -0.1) is 0 Å². The number of nitrogens with one attached hydrogen (secondary N) is 1. The van der Waals surface area contributed by atoms with Crippen LogP contribution < -0.4 is 0 Å². The van der Waals surface area contributed by atoms with Gasteiger partial charge in [0.2, 0.25) is 0 Å². The highest BCUT2D eigenvalue weighted by atomic mass is 16.3. The van der Waals surface area contributed by atoms with Crippen molar-refractivity contribution < 1.29 is 5.11 Å². The van der Waals surface area contributed by atoms with E-state index >= 15 is 0 Å². The number of aliphatic hydroxyl groups is 1. The lowest BCUT2D eigenvalue weighted by Gasteiger charge is -2.14. The number of hydrogen-bond donors (Lipinski definition) is 2. The highest BCUT2D eigenvalue weighted by Crippen LogP contribution is 2.13. The van der Waals surface area contributed by atoms with Gasteiger partial charge in [-0.1, -0.05) is 12.1 Å². The molecule has 0 spiro atoms. The number of aryl methyl sites for hydroxylation is 1. The molecule has 3 rings (SSSR count). The van der Waals surface area contributed by atoms with Crippen LogP contribution >= 0.6 is 0 Å². The van der Waals surface area contributed by atoms with Crippen molar-refractivity contribution >= 4 is 11.0 Å². The first kappa shape index (κ1) is 14.7. The first-order chi connectivity index (χ1) is 10.7. The van der Waals surface area contributed by atoms with E-state index in [1.807, 2.05) is 37.4 Å². The number of aromatic amines is 1. The van der Waals surface area contributed by atoms with E-state index in [4.69, 9.17) is 5.11 Å². The van der Waals surface area contributed by atoms with E-state index in [9.17, 15) is 0 Å². The number of aromatic nitrogens is 4. The van der Waals surface area contributed by atoms with Crippen molar-refractivity contribution in [2.75, 3.05) is 13.7 Å².